The van der Waals surface area contributed by atoms with Crippen LogP contribution in [0.1, 0.15) is 97.6 Å². The third-order valence-corrected chi connectivity index (χ3v) is 6.87. The SMILES string of the molecule is CCCCCCCCCCCCNC(=O)Nc1cc(-c2nc3c(Cl)c(C(C)(C)C)[nH]n3n2)ccc1OC. The van der Waals surface area contributed by atoms with E-state index in [9.17, 15) is 4.79 Å². The van der Waals surface area contributed by atoms with Gasteiger partial charge >= 0.3 is 6.03 Å². The number of aromatic amines is 1. The Labute approximate surface area is 225 Å². The van der Waals surface area contributed by atoms with Crippen LogP contribution < -0.4 is 15.4 Å². The maximum atomic E-state index is 12.5. The summed E-state index contributed by atoms with van der Waals surface area (Å²) < 4.78 is 7.04. The van der Waals surface area contributed by atoms with Crippen LogP contribution in [0.5, 0.6) is 5.75 Å². The van der Waals surface area contributed by atoms with E-state index < -0.39 is 0 Å². The zero-order chi connectivity index (χ0) is 26.8. The Morgan fingerprint density at radius 1 is 1.05 bits per heavy atom. The number of rotatable bonds is 14. The molecule has 0 radical (unpaired) electrons. The molecule has 3 aromatic rings. The summed E-state index contributed by atoms with van der Waals surface area (Å²) in [5.41, 5.74) is 2.60. The van der Waals surface area contributed by atoms with E-state index in [1.165, 1.54) is 51.4 Å². The minimum atomic E-state index is -0.255. The third kappa shape index (κ3) is 8.12. The molecule has 0 spiro atoms. The molecular formula is C28H43ClN6O2. The van der Waals surface area contributed by atoms with E-state index in [1.807, 2.05) is 12.1 Å². The van der Waals surface area contributed by atoms with Gasteiger partial charge in [-0.2, -0.15) is 4.63 Å². The predicted molar refractivity (Wildman–Crippen MR) is 152 cm³/mol. The molecule has 0 unspecified atom stereocenters. The molecule has 0 bridgehead atoms. The number of urea groups is 1. The Hall–Kier alpha value is -2.74. The second kappa shape index (κ2) is 13.7. The number of carbonyl (C=O) groups is 1. The summed E-state index contributed by atoms with van der Waals surface area (Å²) in [6.07, 6.45) is 12.6. The van der Waals surface area contributed by atoms with Gasteiger partial charge in [0, 0.05) is 17.5 Å². The Balaban J connectivity index is 1.51. The van der Waals surface area contributed by atoms with Crippen molar-refractivity contribution in [3.63, 3.8) is 0 Å². The maximum Gasteiger partial charge on any atom is 0.319 e. The molecule has 8 nitrogen and oxygen atoms in total. The number of hydrogen-bond donors (Lipinski definition) is 3. The molecule has 0 saturated carbocycles. The van der Waals surface area contributed by atoms with Crippen molar-refractivity contribution in [1.29, 1.82) is 0 Å². The molecule has 0 saturated heterocycles. The molecule has 3 N–H and O–H groups in total. The summed E-state index contributed by atoms with van der Waals surface area (Å²) in [6.45, 7) is 9.13. The largest absolute Gasteiger partial charge is 0.495 e. The van der Waals surface area contributed by atoms with Crippen molar-refractivity contribution in [1.82, 2.24) is 25.1 Å². The third-order valence-electron chi connectivity index (χ3n) is 6.51. The molecule has 2 heterocycles. The van der Waals surface area contributed by atoms with Crippen LogP contribution in [-0.4, -0.2) is 39.5 Å². The van der Waals surface area contributed by atoms with Gasteiger partial charge in [-0.1, -0.05) is 97.1 Å². The molecule has 0 fully saturated rings. The quantitative estimate of drug-likeness (QED) is 0.186. The average Bonchev–Trinajstić information content (AvgIpc) is 3.42. The van der Waals surface area contributed by atoms with E-state index in [0.29, 0.717) is 34.5 Å². The van der Waals surface area contributed by atoms with Crippen LogP contribution in [-0.2, 0) is 5.41 Å². The van der Waals surface area contributed by atoms with Crippen molar-refractivity contribution in [2.24, 2.45) is 0 Å². The first-order valence-corrected chi connectivity index (χ1v) is 14.0. The topological polar surface area (TPSA) is 96.3 Å². The number of aromatic nitrogens is 4. The number of hydrogen-bond acceptors (Lipinski definition) is 4. The maximum absolute atomic E-state index is 12.5. The summed E-state index contributed by atoms with van der Waals surface area (Å²) in [5, 5.41) is 14.2. The first kappa shape index (κ1) is 28.8. The summed E-state index contributed by atoms with van der Waals surface area (Å²) >= 11 is 6.57. The van der Waals surface area contributed by atoms with Crippen LogP contribution in [0, 0.1) is 0 Å². The Bertz CT molecular complexity index is 1150. The summed E-state index contributed by atoms with van der Waals surface area (Å²) in [4.78, 5) is 17.2. The smallest absolute Gasteiger partial charge is 0.319 e. The lowest BCUT2D eigenvalue weighted by Gasteiger charge is -2.16. The van der Waals surface area contributed by atoms with E-state index in [-0.39, 0.29) is 11.4 Å². The van der Waals surface area contributed by atoms with Crippen molar-refractivity contribution in [3.05, 3.63) is 28.9 Å². The number of benzene rings is 1. The zero-order valence-corrected chi connectivity index (χ0v) is 23.8. The van der Waals surface area contributed by atoms with Crippen molar-refractivity contribution >= 4 is 29.0 Å². The summed E-state index contributed by atoms with van der Waals surface area (Å²) in [6, 6.07) is 5.21. The monoisotopic (exact) mass is 530 g/mol. The molecule has 0 aliphatic heterocycles. The van der Waals surface area contributed by atoms with Crippen LogP contribution in [0.3, 0.4) is 0 Å². The van der Waals surface area contributed by atoms with Gasteiger partial charge in [0.25, 0.3) is 0 Å². The highest BCUT2D eigenvalue weighted by molar-refractivity contribution is 6.34. The number of methoxy groups -OCH3 is 1. The second-order valence-corrected chi connectivity index (χ2v) is 11.1. The fraction of sp³-hybridized carbons (Fsp3) is 0.607. The number of unbranched alkanes of at least 4 members (excludes halogenated alkanes) is 9. The standard InChI is InChI=1S/C28H43ClN6O2/c1-6-7-8-9-10-11-12-13-14-15-18-30-27(36)31-21-19-20(16-17-22(21)37-5)25-32-26-23(29)24(28(2,3)4)33-35(26)34-25/h16-17,19,33H,6-15,18H2,1-5H3,(H2,30,31,36). The lowest BCUT2D eigenvalue weighted by molar-refractivity contribution is 0.251. The van der Waals surface area contributed by atoms with Crippen molar-refractivity contribution in [2.75, 3.05) is 19.0 Å². The number of carbonyl (C=O) groups excluding carboxylic acids is 1. The molecular weight excluding hydrogens is 488 g/mol. The highest BCUT2D eigenvalue weighted by atomic mass is 35.5. The van der Waals surface area contributed by atoms with Gasteiger partial charge in [0.05, 0.1) is 18.5 Å². The van der Waals surface area contributed by atoms with Gasteiger partial charge in [-0.15, -0.1) is 5.10 Å². The van der Waals surface area contributed by atoms with E-state index in [2.05, 4.69) is 53.5 Å². The van der Waals surface area contributed by atoms with Crippen LogP contribution in [0.25, 0.3) is 17.0 Å². The van der Waals surface area contributed by atoms with Gasteiger partial charge in [0.1, 0.15) is 10.8 Å². The number of nitrogens with zero attached hydrogens (tertiary/aromatic N) is 3. The van der Waals surface area contributed by atoms with E-state index in [0.717, 1.165) is 24.1 Å². The van der Waals surface area contributed by atoms with Gasteiger partial charge < -0.3 is 15.4 Å². The highest BCUT2D eigenvalue weighted by Crippen LogP contribution is 2.33. The van der Waals surface area contributed by atoms with Gasteiger partial charge in [0.2, 0.25) is 0 Å². The fourth-order valence-electron chi connectivity index (χ4n) is 4.34. The average molecular weight is 531 g/mol. The van der Waals surface area contributed by atoms with Crippen LogP contribution in [0.15, 0.2) is 18.2 Å². The van der Waals surface area contributed by atoms with Crippen molar-refractivity contribution in [3.8, 4) is 17.1 Å². The summed E-state index contributed by atoms with van der Waals surface area (Å²) in [7, 11) is 1.58. The number of anilines is 1. The lowest BCUT2D eigenvalue weighted by Crippen LogP contribution is -2.29. The number of halogens is 1. The van der Waals surface area contributed by atoms with E-state index >= 15 is 0 Å². The number of nitrogens with one attached hydrogen (secondary N) is 3. The molecule has 204 valence electrons. The van der Waals surface area contributed by atoms with Crippen LogP contribution >= 0.6 is 11.6 Å². The number of fused-ring (bicyclic) bond motifs is 1. The molecule has 2 aromatic heterocycles. The second-order valence-electron chi connectivity index (χ2n) is 10.7. The molecule has 37 heavy (non-hydrogen) atoms. The minimum absolute atomic E-state index is 0.155. The Morgan fingerprint density at radius 3 is 2.30 bits per heavy atom. The highest BCUT2D eigenvalue weighted by Gasteiger charge is 2.24. The molecule has 2 amide bonds. The first-order chi connectivity index (χ1) is 17.7. The van der Waals surface area contributed by atoms with E-state index in [1.54, 1.807) is 17.8 Å². The molecule has 1 aromatic carbocycles. The molecule has 0 aliphatic carbocycles. The van der Waals surface area contributed by atoms with Gasteiger partial charge in [-0.05, 0) is 24.6 Å². The Morgan fingerprint density at radius 2 is 1.70 bits per heavy atom. The molecule has 0 aliphatic rings. The van der Waals surface area contributed by atoms with Gasteiger partial charge in [-0.25, -0.2) is 9.78 Å². The molecule has 3 rings (SSSR count). The number of amides is 2. The Kier molecular flexibility index (Phi) is 10.7. The van der Waals surface area contributed by atoms with Crippen LogP contribution in [0.4, 0.5) is 10.5 Å². The number of H-pyrrole nitrogens is 1. The molecule has 0 atom stereocenters. The molecule has 9 heteroatoms. The predicted octanol–water partition coefficient (Wildman–Crippen LogP) is 7.73. The summed E-state index contributed by atoms with van der Waals surface area (Å²) in [5.74, 6) is 1.07. The normalized spacial score (nSPS) is 11.7. The van der Waals surface area contributed by atoms with Crippen molar-refractivity contribution < 1.29 is 9.53 Å². The lowest BCUT2D eigenvalue weighted by atomic mass is 9.92. The first-order valence-electron chi connectivity index (χ1n) is 13.6. The van der Waals surface area contributed by atoms with Crippen LogP contribution in [0.2, 0.25) is 5.02 Å². The fourth-order valence-corrected chi connectivity index (χ4v) is 4.79. The number of ether oxygens (including phenoxy) is 1. The van der Waals surface area contributed by atoms with E-state index in [4.69, 9.17) is 16.3 Å². The zero-order valence-electron chi connectivity index (χ0n) is 23.0. The minimum Gasteiger partial charge on any atom is -0.495 e. The van der Waals surface area contributed by atoms with Gasteiger partial charge in [-0.3, -0.25) is 5.10 Å². The van der Waals surface area contributed by atoms with Crippen molar-refractivity contribution in [2.45, 2.75) is 97.3 Å². The van der Waals surface area contributed by atoms with Gasteiger partial charge in [0.15, 0.2) is 11.5 Å².